The van der Waals surface area contributed by atoms with Crippen molar-refractivity contribution in [2.24, 2.45) is 10.9 Å². The van der Waals surface area contributed by atoms with Crippen LogP contribution in [-0.2, 0) is 19.3 Å². The highest BCUT2D eigenvalue weighted by atomic mass is 17.2. The Labute approximate surface area is 274 Å². The number of carbonyl (C=O) groups is 2. The van der Waals surface area contributed by atoms with Gasteiger partial charge in [0.1, 0.15) is 28.9 Å². The van der Waals surface area contributed by atoms with Crippen molar-refractivity contribution >= 4 is 23.2 Å². The molecule has 0 amide bonds. The number of allylic oxidation sites excluding steroid dienone is 1. The number of unbranched alkanes of at least 4 members (excludes halogenated alkanes) is 1. The summed E-state index contributed by atoms with van der Waals surface area (Å²) in [4.78, 5) is 54.9. The molecule has 2 aromatic carbocycles. The van der Waals surface area contributed by atoms with Gasteiger partial charge in [-0.1, -0.05) is 12.1 Å². The summed E-state index contributed by atoms with van der Waals surface area (Å²) in [6.07, 6.45) is 2.10. The SMILES string of the molecule is COOCC1C(C)=NC(C)=C(C(=O)OC2CCN(CCCCC(=O)c3c(OC)cc(OC)cc3OC)C2)[C@H]1c1cccc([N+](=O)[O-])c1. The Kier molecular flexibility index (Phi) is 12.5. The van der Waals surface area contributed by atoms with E-state index in [9.17, 15) is 19.7 Å². The molecule has 0 aliphatic carbocycles. The molecule has 2 aliphatic rings. The first kappa shape index (κ1) is 35.5. The Bertz CT molecular complexity index is 1500. The van der Waals surface area contributed by atoms with E-state index in [0.29, 0.717) is 65.5 Å². The number of hydrogen-bond acceptors (Lipinski definition) is 12. The number of ether oxygens (including phenoxy) is 4. The molecule has 13 heteroatoms. The highest BCUT2D eigenvalue weighted by Crippen LogP contribution is 2.41. The van der Waals surface area contributed by atoms with Gasteiger partial charge in [0.2, 0.25) is 0 Å². The minimum atomic E-state index is -0.576. The first-order chi connectivity index (χ1) is 22.6. The fourth-order valence-electron chi connectivity index (χ4n) is 6.28. The van der Waals surface area contributed by atoms with Gasteiger partial charge in [-0.15, -0.1) is 0 Å². The number of nitrogens with zero attached hydrogens (tertiary/aromatic N) is 3. The second-order valence-corrected chi connectivity index (χ2v) is 11.5. The third kappa shape index (κ3) is 8.53. The lowest BCUT2D eigenvalue weighted by Gasteiger charge is -2.32. The number of rotatable bonds is 16. The molecule has 13 nitrogen and oxygen atoms in total. The number of methoxy groups -OCH3 is 3. The lowest BCUT2D eigenvalue weighted by molar-refractivity contribution is -0.384. The van der Waals surface area contributed by atoms with Gasteiger partial charge < -0.3 is 18.9 Å². The van der Waals surface area contributed by atoms with Gasteiger partial charge in [-0.25, -0.2) is 14.6 Å². The van der Waals surface area contributed by atoms with Gasteiger partial charge >= 0.3 is 5.97 Å². The van der Waals surface area contributed by atoms with Crippen LogP contribution in [0.25, 0.3) is 0 Å². The molecule has 2 aliphatic heterocycles. The zero-order valence-corrected chi connectivity index (χ0v) is 27.8. The zero-order valence-electron chi connectivity index (χ0n) is 27.8. The summed E-state index contributed by atoms with van der Waals surface area (Å²) in [7, 11) is 5.94. The van der Waals surface area contributed by atoms with Gasteiger partial charge in [0.05, 0.1) is 45.5 Å². The topological polar surface area (TPSA) is 148 Å². The normalized spacial score (nSPS) is 19.7. The number of esters is 1. The van der Waals surface area contributed by atoms with E-state index < -0.39 is 22.7 Å². The third-order valence-electron chi connectivity index (χ3n) is 8.63. The van der Waals surface area contributed by atoms with Crippen molar-refractivity contribution in [3.8, 4) is 17.2 Å². The molecule has 0 spiro atoms. The summed E-state index contributed by atoms with van der Waals surface area (Å²) in [5.74, 6) is -0.197. The minimum absolute atomic E-state index is 0.0730. The molecule has 2 heterocycles. The molecule has 3 atom stereocenters. The Balaban J connectivity index is 1.38. The van der Waals surface area contributed by atoms with E-state index in [-0.39, 0.29) is 24.2 Å². The van der Waals surface area contributed by atoms with Crippen molar-refractivity contribution in [1.82, 2.24) is 4.90 Å². The first-order valence-corrected chi connectivity index (χ1v) is 15.5. The zero-order chi connectivity index (χ0) is 34.1. The molecular weight excluding hydrogens is 610 g/mol. The Morgan fingerprint density at radius 3 is 2.38 bits per heavy atom. The van der Waals surface area contributed by atoms with Crippen molar-refractivity contribution in [2.75, 3.05) is 54.7 Å². The van der Waals surface area contributed by atoms with Gasteiger partial charge in [0, 0.05) is 67.0 Å². The maximum atomic E-state index is 13.8. The van der Waals surface area contributed by atoms with E-state index in [1.807, 2.05) is 6.92 Å². The standard InChI is InChI=1S/C34H43N3O10/c1-21-27(20-46-45-6)32(23-10-9-11-24(16-23)37(40)41)31(22(2)35-21)34(39)47-25-13-15-36(19-25)14-8-7-12-28(38)33-29(43-4)17-26(42-3)18-30(33)44-5/h9-11,16-18,25,27,32H,7-8,12-15,19-20H2,1-6H3/t25?,27?,32-/m0/s1. The Morgan fingerprint density at radius 1 is 1.02 bits per heavy atom. The molecule has 4 rings (SSSR count). The number of aliphatic imine (C=N–C) groups is 1. The quantitative estimate of drug-likeness (QED) is 0.0579. The van der Waals surface area contributed by atoms with Crippen LogP contribution in [0.4, 0.5) is 5.69 Å². The molecule has 0 bridgehead atoms. The van der Waals surface area contributed by atoms with Crippen molar-refractivity contribution in [3.05, 3.63) is 68.9 Å². The number of ketones is 1. The molecule has 1 fully saturated rings. The number of likely N-dealkylation sites (tertiary alicyclic amines) is 1. The smallest absolute Gasteiger partial charge is 0.336 e. The summed E-state index contributed by atoms with van der Waals surface area (Å²) in [5, 5.41) is 11.6. The fourth-order valence-corrected chi connectivity index (χ4v) is 6.28. The maximum absolute atomic E-state index is 13.8. The van der Waals surface area contributed by atoms with Gasteiger partial charge in [0.25, 0.3) is 5.69 Å². The van der Waals surface area contributed by atoms with Crippen molar-refractivity contribution in [2.45, 2.75) is 51.6 Å². The monoisotopic (exact) mass is 653 g/mol. The van der Waals surface area contributed by atoms with Gasteiger partial charge in [-0.2, -0.15) is 0 Å². The van der Waals surface area contributed by atoms with Crippen LogP contribution >= 0.6 is 0 Å². The van der Waals surface area contributed by atoms with Crippen LogP contribution in [0.1, 0.15) is 61.4 Å². The van der Waals surface area contributed by atoms with E-state index in [0.717, 1.165) is 25.2 Å². The molecule has 0 N–H and O–H groups in total. The molecule has 254 valence electrons. The van der Waals surface area contributed by atoms with E-state index in [1.54, 1.807) is 31.2 Å². The number of hydrogen-bond donors (Lipinski definition) is 0. The number of nitro benzene ring substituents is 1. The summed E-state index contributed by atoms with van der Waals surface area (Å²) in [5.41, 5.74) is 2.49. The number of carbonyl (C=O) groups excluding carboxylic acids is 2. The summed E-state index contributed by atoms with van der Waals surface area (Å²) < 4.78 is 22.2. The number of benzene rings is 2. The van der Waals surface area contributed by atoms with E-state index in [1.165, 1.54) is 40.6 Å². The largest absolute Gasteiger partial charge is 0.496 e. The first-order valence-electron chi connectivity index (χ1n) is 15.5. The molecule has 2 unspecified atom stereocenters. The van der Waals surface area contributed by atoms with Crippen molar-refractivity contribution in [1.29, 1.82) is 0 Å². The van der Waals surface area contributed by atoms with Gasteiger partial charge in [0.15, 0.2) is 5.78 Å². The van der Waals surface area contributed by atoms with Gasteiger partial charge in [-0.05, 0) is 45.2 Å². The lowest BCUT2D eigenvalue weighted by Crippen LogP contribution is -2.34. The minimum Gasteiger partial charge on any atom is -0.496 e. The van der Waals surface area contributed by atoms with Crippen molar-refractivity contribution < 1.29 is 43.2 Å². The predicted molar refractivity (Wildman–Crippen MR) is 173 cm³/mol. The van der Waals surface area contributed by atoms with Crippen LogP contribution < -0.4 is 14.2 Å². The molecule has 0 saturated carbocycles. The van der Waals surface area contributed by atoms with E-state index in [4.69, 9.17) is 28.7 Å². The molecule has 0 aromatic heterocycles. The molecule has 1 saturated heterocycles. The van der Waals surface area contributed by atoms with Crippen LogP contribution in [0.2, 0.25) is 0 Å². The van der Waals surface area contributed by atoms with Crippen LogP contribution in [-0.4, -0.2) is 88.1 Å². The van der Waals surface area contributed by atoms with E-state index >= 15 is 0 Å². The molecule has 47 heavy (non-hydrogen) atoms. The molecule has 0 radical (unpaired) electrons. The second kappa shape index (κ2) is 16.5. The average Bonchev–Trinajstić information content (AvgIpc) is 3.51. The van der Waals surface area contributed by atoms with E-state index in [2.05, 4.69) is 9.89 Å². The van der Waals surface area contributed by atoms with Crippen LogP contribution in [0.15, 0.2) is 52.7 Å². The van der Waals surface area contributed by atoms with Crippen LogP contribution in [0.5, 0.6) is 17.2 Å². The highest BCUT2D eigenvalue weighted by molar-refractivity contribution is 6.01. The average molecular weight is 654 g/mol. The number of non-ortho nitro benzene ring substituents is 1. The molecule has 2 aromatic rings. The Hall–Kier alpha value is -4.33. The summed E-state index contributed by atoms with van der Waals surface area (Å²) >= 11 is 0. The lowest BCUT2D eigenvalue weighted by atomic mass is 9.76. The predicted octanol–water partition coefficient (Wildman–Crippen LogP) is 5.32. The van der Waals surface area contributed by atoms with Crippen LogP contribution in [0.3, 0.4) is 0 Å². The van der Waals surface area contributed by atoms with Gasteiger partial charge in [-0.3, -0.25) is 24.8 Å². The number of nitro groups is 1. The van der Waals surface area contributed by atoms with Crippen molar-refractivity contribution in [3.63, 3.8) is 0 Å². The summed E-state index contributed by atoms with van der Waals surface area (Å²) in [6.45, 7) is 5.74. The van der Waals surface area contributed by atoms with Crippen LogP contribution in [0, 0.1) is 16.0 Å². The fraction of sp³-hybridized carbons (Fsp3) is 0.500. The second-order valence-electron chi connectivity index (χ2n) is 11.5. The third-order valence-corrected chi connectivity index (χ3v) is 8.63. The summed E-state index contributed by atoms with van der Waals surface area (Å²) in [6, 6.07) is 9.59. The number of Topliss-reactive ketones (excluding diaryl/α,β-unsaturated/α-hetero) is 1. The molecular formula is C34H43N3O10. The highest BCUT2D eigenvalue weighted by Gasteiger charge is 2.40. The Morgan fingerprint density at radius 2 is 1.74 bits per heavy atom. The maximum Gasteiger partial charge on any atom is 0.336 e.